The molecule has 15 heteroatoms. The lowest BCUT2D eigenvalue weighted by Gasteiger charge is -2.14. The quantitative estimate of drug-likeness (QED) is 0.277. The molecule has 0 saturated carbocycles. The number of nitrogens with one attached hydrogen (secondary N) is 2. The van der Waals surface area contributed by atoms with Crippen molar-refractivity contribution in [1.29, 1.82) is 0 Å². The summed E-state index contributed by atoms with van der Waals surface area (Å²) in [5.41, 5.74) is -2.88. The van der Waals surface area contributed by atoms with Crippen LogP contribution in [0.2, 0.25) is 0 Å². The molecule has 1 amide bonds. The Kier molecular flexibility index (Phi) is 8.14. The first kappa shape index (κ1) is 30.0. The Morgan fingerprint density at radius 3 is 2.34 bits per heavy atom. The van der Waals surface area contributed by atoms with Crippen LogP contribution in [0.3, 0.4) is 0 Å². The largest absolute Gasteiger partial charge is 0.416 e. The summed E-state index contributed by atoms with van der Waals surface area (Å²) in [6.45, 7) is -0.407. The van der Waals surface area contributed by atoms with E-state index in [0.717, 1.165) is 35.1 Å². The zero-order valence-corrected chi connectivity index (χ0v) is 23.0. The molecule has 2 N–H and O–H groups in total. The number of benzene rings is 2. The fourth-order valence-corrected chi connectivity index (χ4v) is 6.23. The molecule has 4 rings (SSSR count). The Balaban J connectivity index is 1.98. The van der Waals surface area contributed by atoms with E-state index in [0.29, 0.717) is 0 Å². The first-order chi connectivity index (χ1) is 19.1. The summed E-state index contributed by atoms with van der Waals surface area (Å²) >= 11 is 0. The van der Waals surface area contributed by atoms with Gasteiger partial charge in [0.1, 0.15) is 21.3 Å². The zero-order valence-electron chi connectivity index (χ0n) is 21.3. The Bertz CT molecular complexity index is 1910. The summed E-state index contributed by atoms with van der Waals surface area (Å²) in [6, 6.07) is 10.6. The van der Waals surface area contributed by atoms with E-state index in [2.05, 4.69) is 4.98 Å². The molecule has 218 valence electrons. The highest BCUT2D eigenvalue weighted by Crippen LogP contribution is 2.38. The molecule has 0 aliphatic heterocycles. The minimum Gasteiger partial charge on any atom is -0.331 e. The van der Waals surface area contributed by atoms with Crippen LogP contribution in [0, 0.1) is 5.82 Å². The fourth-order valence-electron chi connectivity index (χ4n) is 4.37. The number of amides is 1. The van der Waals surface area contributed by atoms with E-state index >= 15 is 0 Å². The fraction of sp³-hybridized carbons (Fsp3) is 0.231. The second-order valence-electron chi connectivity index (χ2n) is 9.28. The monoisotopic (exact) mass is 613 g/mol. The lowest BCUT2D eigenvalue weighted by atomic mass is 10.0. The topological polar surface area (TPSA) is 135 Å². The highest BCUT2D eigenvalue weighted by Gasteiger charge is 2.34. The van der Waals surface area contributed by atoms with Gasteiger partial charge in [-0.2, -0.15) is 13.2 Å². The van der Waals surface area contributed by atoms with Crippen molar-refractivity contribution in [2.75, 3.05) is 17.8 Å². The molecule has 2 aromatic carbocycles. The van der Waals surface area contributed by atoms with Gasteiger partial charge < -0.3 is 9.55 Å². The summed E-state index contributed by atoms with van der Waals surface area (Å²) in [7, 11) is -7.94. The van der Waals surface area contributed by atoms with Gasteiger partial charge in [0.05, 0.1) is 23.6 Å². The number of carbonyl (C=O) groups excluding carboxylic acids is 1. The molecule has 0 bridgehead atoms. The number of nitrogens with zero attached hydrogens (tertiary/aromatic N) is 1. The number of sulfonamides is 1. The summed E-state index contributed by atoms with van der Waals surface area (Å²) in [6.07, 6.45) is -2.96. The van der Waals surface area contributed by atoms with Gasteiger partial charge in [-0.25, -0.2) is 25.9 Å². The van der Waals surface area contributed by atoms with Crippen molar-refractivity contribution in [3.05, 3.63) is 93.8 Å². The molecule has 2 aromatic heterocycles. The third kappa shape index (κ3) is 6.85. The van der Waals surface area contributed by atoms with E-state index in [9.17, 15) is 44.0 Å². The molecule has 41 heavy (non-hydrogen) atoms. The van der Waals surface area contributed by atoms with Gasteiger partial charge in [0.2, 0.25) is 10.0 Å². The Morgan fingerprint density at radius 2 is 1.71 bits per heavy atom. The average Bonchev–Trinajstić information content (AvgIpc) is 3.17. The molecular formula is C26H23F4N3O6S2. The predicted octanol–water partition coefficient (Wildman–Crippen LogP) is 3.70. The number of alkyl halides is 3. The molecule has 0 radical (unpaired) electrons. The van der Waals surface area contributed by atoms with Crippen molar-refractivity contribution in [3.63, 3.8) is 0 Å². The standard InChI is InChI=1S/C26H23F4N3O6S2/c1-40(36,37)12-5-13-41(38,39)32-25(35)23-22(18-7-4-11-31-24(18)34)19-14-17(26(28,29)30)9-10-21(19)33(23)15-16-6-2-3-8-20(16)27/h2-4,6-11,14H,5,12-13,15H2,1H3,(H,31,34)(H,32,35). The average molecular weight is 614 g/mol. The maximum atomic E-state index is 14.7. The van der Waals surface area contributed by atoms with Crippen LogP contribution >= 0.6 is 0 Å². The van der Waals surface area contributed by atoms with Crippen LogP contribution in [0.5, 0.6) is 0 Å². The highest BCUT2D eigenvalue weighted by molar-refractivity contribution is 7.91. The van der Waals surface area contributed by atoms with E-state index in [4.69, 9.17) is 0 Å². The molecule has 4 aromatic rings. The van der Waals surface area contributed by atoms with Gasteiger partial charge in [-0.05, 0) is 42.8 Å². The molecule has 0 unspecified atom stereocenters. The highest BCUT2D eigenvalue weighted by atomic mass is 32.2. The zero-order chi connectivity index (χ0) is 30.2. The molecule has 2 heterocycles. The van der Waals surface area contributed by atoms with Crippen LogP contribution in [-0.2, 0) is 32.6 Å². The van der Waals surface area contributed by atoms with Crippen molar-refractivity contribution in [3.8, 4) is 11.1 Å². The predicted molar refractivity (Wildman–Crippen MR) is 144 cm³/mol. The number of carbonyl (C=O) groups is 1. The third-order valence-corrected chi connectivity index (χ3v) is 8.51. The summed E-state index contributed by atoms with van der Waals surface area (Å²) in [5.74, 6) is -3.22. The van der Waals surface area contributed by atoms with Crippen LogP contribution in [0.4, 0.5) is 17.6 Å². The number of aromatic nitrogens is 2. The SMILES string of the molecule is CS(=O)(=O)CCCS(=O)(=O)NC(=O)c1c(-c2ccc[nH]c2=O)c2cc(C(F)(F)F)ccc2n1Cc1ccccc1F. The van der Waals surface area contributed by atoms with Crippen LogP contribution in [0.1, 0.15) is 28.0 Å². The van der Waals surface area contributed by atoms with Crippen LogP contribution in [0.15, 0.2) is 65.6 Å². The molecule has 0 fully saturated rings. The van der Waals surface area contributed by atoms with E-state index in [1.165, 1.54) is 36.5 Å². The number of hydrogen-bond donors (Lipinski definition) is 2. The van der Waals surface area contributed by atoms with Crippen LogP contribution in [-0.4, -0.2) is 50.1 Å². The lowest BCUT2D eigenvalue weighted by molar-refractivity contribution is -0.137. The summed E-state index contributed by atoms with van der Waals surface area (Å²) in [4.78, 5) is 28.8. The number of rotatable bonds is 9. The van der Waals surface area contributed by atoms with Gasteiger partial charge in [0, 0.05) is 40.0 Å². The number of aromatic amines is 1. The molecule has 9 nitrogen and oxygen atoms in total. The van der Waals surface area contributed by atoms with Gasteiger partial charge in [0.15, 0.2) is 0 Å². The second-order valence-corrected chi connectivity index (χ2v) is 13.4. The van der Waals surface area contributed by atoms with Crippen LogP contribution < -0.4 is 10.3 Å². The number of pyridine rings is 1. The van der Waals surface area contributed by atoms with Gasteiger partial charge in [-0.1, -0.05) is 18.2 Å². The first-order valence-electron chi connectivity index (χ1n) is 11.9. The van der Waals surface area contributed by atoms with Gasteiger partial charge >= 0.3 is 6.18 Å². The molecule has 0 aliphatic rings. The summed E-state index contributed by atoms with van der Waals surface area (Å²) in [5, 5.41) is -0.201. The van der Waals surface area contributed by atoms with E-state index in [1.54, 1.807) is 0 Å². The van der Waals surface area contributed by atoms with E-state index in [1.807, 2.05) is 4.72 Å². The number of halogens is 4. The van der Waals surface area contributed by atoms with E-state index in [-0.39, 0.29) is 34.0 Å². The number of H-pyrrole nitrogens is 1. The maximum Gasteiger partial charge on any atom is 0.416 e. The molecule has 0 saturated heterocycles. The van der Waals surface area contributed by atoms with Crippen molar-refractivity contribution in [2.24, 2.45) is 0 Å². The number of sulfone groups is 1. The van der Waals surface area contributed by atoms with Gasteiger partial charge in [0.25, 0.3) is 11.5 Å². The minimum atomic E-state index is -4.80. The second kappa shape index (κ2) is 11.1. The number of fused-ring (bicyclic) bond motifs is 1. The summed E-state index contributed by atoms with van der Waals surface area (Å²) < 4.78 is 107. The van der Waals surface area contributed by atoms with Crippen molar-refractivity contribution in [1.82, 2.24) is 14.3 Å². The molecular weight excluding hydrogens is 590 g/mol. The minimum absolute atomic E-state index is 0.000805. The maximum absolute atomic E-state index is 14.7. The van der Waals surface area contributed by atoms with Gasteiger partial charge in [-0.15, -0.1) is 0 Å². The Morgan fingerprint density at radius 1 is 1.00 bits per heavy atom. The lowest BCUT2D eigenvalue weighted by Crippen LogP contribution is -2.35. The van der Waals surface area contributed by atoms with Crippen molar-refractivity contribution < 1.29 is 39.2 Å². The van der Waals surface area contributed by atoms with Crippen molar-refractivity contribution in [2.45, 2.75) is 19.1 Å². The normalized spacial score (nSPS) is 12.5. The van der Waals surface area contributed by atoms with Crippen LogP contribution in [0.25, 0.3) is 22.0 Å². The van der Waals surface area contributed by atoms with Crippen molar-refractivity contribution >= 4 is 36.7 Å². The number of hydrogen-bond acceptors (Lipinski definition) is 6. The smallest absolute Gasteiger partial charge is 0.331 e. The Labute approximate surface area is 231 Å². The molecule has 0 atom stereocenters. The Hall–Kier alpha value is -3.98. The van der Waals surface area contributed by atoms with E-state index < -0.39 is 72.6 Å². The molecule has 0 aliphatic carbocycles. The molecule has 0 spiro atoms. The van der Waals surface area contributed by atoms with Gasteiger partial charge in [-0.3, -0.25) is 9.59 Å². The third-order valence-electron chi connectivity index (χ3n) is 6.16. The first-order valence-corrected chi connectivity index (χ1v) is 15.7.